The topological polar surface area (TPSA) is 104 Å². The van der Waals surface area contributed by atoms with Gasteiger partial charge in [0.25, 0.3) is 5.91 Å². The number of benzene rings is 1. The van der Waals surface area contributed by atoms with Gasteiger partial charge in [0.2, 0.25) is 5.76 Å². The molecular weight excluding hydrogens is 318 g/mol. The zero-order chi connectivity index (χ0) is 17.5. The summed E-state index contributed by atoms with van der Waals surface area (Å²) in [6, 6.07) is 7.07. The van der Waals surface area contributed by atoms with Crippen molar-refractivity contribution in [2.75, 3.05) is 20.3 Å². The third kappa shape index (κ3) is 4.11. The minimum Gasteiger partial charge on any atom is -0.450 e. The minimum atomic E-state index is -0.901. The lowest BCUT2D eigenvalue weighted by Gasteiger charge is -2.05. The first-order chi connectivity index (χ1) is 11.6. The smallest absolute Gasteiger partial charge is 0.413 e. The van der Waals surface area contributed by atoms with E-state index in [4.69, 9.17) is 13.9 Å². The van der Waals surface area contributed by atoms with Crippen LogP contribution in [0, 0.1) is 0 Å². The Kier molecular flexibility index (Phi) is 5.91. The van der Waals surface area contributed by atoms with Crippen molar-refractivity contribution in [1.29, 1.82) is 0 Å². The van der Waals surface area contributed by atoms with Crippen molar-refractivity contribution in [3.8, 4) is 0 Å². The van der Waals surface area contributed by atoms with Crippen LogP contribution in [0.1, 0.15) is 23.0 Å². The van der Waals surface area contributed by atoms with Crippen LogP contribution in [-0.2, 0) is 25.6 Å². The number of hydrogen-bond donors (Lipinski definition) is 1. The molecule has 2 amide bonds. The van der Waals surface area contributed by atoms with Crippen molar-refractivity contribution in [2.45, 2.75) is 13.5 Å². The standard InChI is InChI=1S/C16H17NO7/c1-3-22-16(20)17-13(18)9-23-15(19)14-11(8-21-2)10-6-4-5-7-12(10)24-14/h4-7H,3,8-9H2,1-2H3,(H,17,18,20). The summed E-state index contributed by atoms with van der Waals surface area (Å²) in [6.07, 6.45) is -0.901. The summed E-state index contributed by atoms with van der Waals surface area (Å²) in [5.41, 5.74) is 1.04. The molecule has 1 aromatic heterocycles. The fourth-order valence-electron chi connectivity index (χ4n) is 2.07. The Hall–Kier alpha value is -2.87. The highest BCUT2D eigenvalue weighted by atomic mass is 16.6. The maximum Gasteiger partial charge on any atom is 0.413 e. The van der Waals surface area contributed by atoms with E-state index in [9.17, 15) is 14.4 Å². The monoisotopic (exact) mass is 335 g/mol. The number of nitrogens with one attached hydrogen (secondary N) is 1. The van der Waals surface area contributed by atoms with E-state index in [1.807, 2.05) is 5.32 Å². The number of methoxy groups -OCH3 is 1. The van der Waals surface area contributed by atoms with Crippen molar-refractivity contribution in [3.05, 3.63) is 35.6 Å². The summed E-state index contributed by atoms with van der Waals surface area (Å²) in [4.78, 5) is 34.8. The van der Waals surface area contributed by atoms with E-state index in [1.54, 1.807) is 31.2 Å². The molecule has 8 heteroatoms. The second-order valence-corrected chi connectivity index (χ2v) is 4.68. The number of esters is 1. The molecule has 0 bridgehead atoms. The molecule has 0 aliphatic carbocycles. The number of amides is 2. The van der Waals surface area contributed by atoms with Crippen molar-refractivity contribution in [2.24, 2.45) is 0 Å². The first-order valence-corrected chi connectivity index (χ1v) is 7.19. The Labute approximate surface area is 137 Å². The summed E-state index contributed by atoms with van der Waals surface area (Å²) in [5.74, 6) is -1.66. The number of carbonyl (C=O) groups excluding carboxylic acids is 3. The molecular formula is C16H17NO7. The van der Waals surface area contributed by atoms with Crippen LogP contribution < -0.4 is 5.32 Å². The van der Waals surface area contributed by atoms with E-state index in [2.05, 4.69) is 4.74 Å². The normalized spacial score (nSPS) is 10.4. The van der Waals surface area contributed by atoms with E-state index in [0.717, 1.165) is 5.39 Å². The summed E-state index contributed by atoms with van der Waals surface area (Å²) >= 11 is 0. The Morgan fingerprint density at radius 2 is 1.92 bits per heavy atom. The molecule has 0 atom stereocenters. The van der Waals surface area contributed by atoms with Gasteiger partial charge >= 0.3 is 12.1 Å². The predicted molar refractivity (Wildman–Crippen MR) is 82.4 cm³/mol. The van der Waals surface area contributed by atoms with Crippen LogP contribution in [-0.4, -0.2) is 38.3 Å². The summed E-state index contributed by atoms with van der Waals surface area (Å²) in [5, 5.41) is 2.65. The highest BCUT2D eigenvalue weighted by molar-refractivity contribution is 5.98. The van der Waals surface area contributed by atoms with Crippen LogP contribution in [0.2, 0.25) is 0 Å². The van der Waals surface area contributed by atoms with Gasteiger partial charge in [-0.1, -0.05) is 18.2 Å². The van der Waals surface area contributed by atoms with Crippen molar-refractivity contribution in [3.63, 3.8) is 0 Å². The Morgan fingerprint density at radius 1 is 1.17 bits per heavy atom. The number of ether oxygens (including phenoxy) is 3. The maximum atomic E-state index is 12.2. The highest BCUT2D eigenvalue weighted by Crippen LogP contribution is 2.27. The first kappa shape index (κ1) is 17.5. The van der Waals surface area contributed by atoms with Crippen LogP contribution in [0.25, 0.3) is 11.0 Å². The van der Waals surface area contributed by atoms with Gasteiger partial charge in [-0.3, -0.25) is 10.1 Å². The molecule has 0 aliphatic heterocycles. The molecule has 24 heavy (non-hydrogen) atoms. The average Bonchev–Trinajstić information content (AvgIpc) is 2.92. The first-order valence-electron chi connectivity index (χ1n) is 7.19. The number of imide groups is 1. The van der Waals surface area contributed by atoms with E-state index >= 15 is 0 Å². The number of carbonyl (C=O) groups is 3. The van der Waals surface area contributed by atoms with Gasteiger partial charge in [0, 0.05) is 18.1 Å². The van der Waals surface area contributed by atoms with E-state index in [1.165, 1.54) is 7.11 Å². The van der Waals surface area contributed by atoms with Crippen molar-refractivity contribution in [1.82, 2.24) is 5.32 Å². The molecule has 0 aliphatic rings. The molecule has 2 rings (SSSR count). The number of hydrogen-bond acceptors (Lipinski definition) is 7. The number of furan rings is 1. The van der Waals surface area contributed by atoms with Crippen LogP contribution in [0.15, 0.2) is 28.7 Å². The number of fused-ring (bicyclic) bond motifs is 1. The van der Waals surface area contributed by atoms with Crippen LogP contribution in [0.4, 0.5) is 4.79 Å². The molecule has 1 heterocycles. The maximum absolute atomic E-state index is 12.2. The van der Waals surface area contributed by atoms with Gasteiger partial charge in [-0.15, -0.1) is 0 Å². The second kappa shape index (κ2) is 8.11. The Balaban J connectivity index is 2.07. The SMILES string of the molecule is CCOC(=O)NC(=O)COC(=O)c1oc2ccccc2c1COC. The predicted octanol–water partition coefficient (Wildman–Crippen LogP) is 2.01. The van der Waals surface area contributed by atoms with E-state index in [0.29, 0.717) is 11.1 Å². The van der Waals surface area contributed by atoms with Crippen LogP contribution >= 0.6 is 0 Å². The number of para-hydroxylation sites is 1. The fourth-order valence-corrected chi connectivity index (χ4v) is 2.07. The van der Waals surface area contributed by atoms with Gasteiger partial charge in [0.05, 0.1) is 13.2 Å². The van der Waals surface area contributed by atoms with Gasteiger partial charge < -0.3 is 18.6 Å². The Bertz CT molecular complexity index is 750. The fraction of sp³-hybridized carbons (Fsp3) is 0.312. The number of rotatable bonds is 6. The molecule has 0 saturated carbocycles. The summed E-state index contributed by atoms with van der Waals surface area (Å²) in [6.45, 7) is 1.23. The summed E-state index contributed by atoms with van der Waals surface area (Å²) in [7, 11) is 1.49. The molecule has 0 radical (unpaired) electrons. The Morgan fingerprint density at radius 3 is 2.62 bits per heavy atom. The van der Waals surface area contributed by atoms with Crippen molar-refractivity contribution < 1.29 is 33.0 Å². The molecule has 1 N–H and O–H groups in total. The van der Waals surface area contributed by atoms with Crippen molar-refractivity contribution >= 4 is 28.9 Å². The second-order valence-electron chi connectivity index (χ2n) is 4.68. The molecule has 128 valence electrons. The lowest BCUT2D eigenvalue weighted by Crippen LogP contribution is -2.34. The zero-order valence-corrected chi connectivity index (χ0v) is 13.3. The van der Waals surface area contributed by atoms with Gasteiger partial charge in [-0.05, 0) is 13.0 Å². The summed E-state index contributed by atoms with van der Waals surface area (Å²) < 4.78 is 20.0. The number of alkyl carbamates (subject to hydrolysis) is 1. The molecule has 8 nitrogen and oxygen atoms in total. The van der Waals surface area contributed by atoms with Gasteiger partial charge in [-0.25, -0.2) is 9.59 Å². The highest BCUT2D eigenvalue weighted by Gasteiger charge is 2.22. The lowest BCUT2D eigenvalue weighted by molar-refractivity contribution is -0.123. The average molecular weight is 335 g/mol. The van der Waals surface area contributed by atoms with E-state index < -0.39 is 24.6 Å². The lowest BCUT2D eigenvalue weighted by atomic mass is 10.1. The molecule has 0 spiro atoms. The third-order valence-electron chi connectivity index (χ3n) is 3.02. The quantitative estimate of drug-likeness (QED) is 0.805. The van der Waals surface area contributed by atoms with Gasteiger partial charge in [0.1, 0.15) is 5.58 Å². The zero-order valence-electron chi connectivity index (χ0n) is 13.3. The van der Waals surface area contributed by atoms with Crippen LogP contribution in [0.5, 0.6) is 0 Å². The molecule has 1 aromatic carbocycles. The van der Waals surface area contributed by atoms with Gasteiger partial charge in [-0.2, -0.15) is 0 Å². The van der Waals surface area contributed by atoms with Crippen LogP contribution in [0.3, 0.4) is 0 Å². The molecule has 2 aromatic rings. The van der Waals surface area contributed by atoms with Gasteiger partial charge in [0.15, 0.2) is 6.61 Å². The molecule has 0 unspecified atom stereocenters. The third-order valence-corrected chi connectivity index (χ3v) is 3.02. The minimum absolute atomic E-state index is 0.0398. The molecule has 0 saturated heterocycles. The largest absolute Gasteiger partial charge is 0.450 e. The molecule has 0 fully saturated rings. The van der Waals surface area contributed by atoms with E-state index in [-0.39, 0.29) is 19.0 Å².